The van der Waals surface area contributed by atoms with E-state index in [9.17, 15) is 4.79 Å². The summed E-state index contributed by atoms with van der Waals surface area (Å²) < 4.78 is 10.4. The van der Waals surface area contributed by atoms with E-state index in [2.05, 4.69) is 13.2 Å². The van der Waals surface area contributed by atoms with Gasteiger partial charge < -0.3 is 9.47 Å². The standard InChI is InChI=1S/C12H19NO3/c1-6-7-13(10-8-15-9(10)2)11(14)16-12(3,4)5/h6,10H,1-2,7-8H2,3-5H3/t10-/m0/s1. The van der Waals surface area contributed by atoms with Crippen molar-refractivity contribution in [1.29, 1.82) is 0 Å². The van der Waals surface area contributed by atoms with Crippen LogP contribution in [0.4, 0.5) is 4.79 Å². The minimum atomic E-state index is -0.498. The maximum absolute atomic E-state index is 11.9. The molecule has 0 radical (unpaired) electrons. The Morgan fingerprint density at radius 2 is 2.31 bits per heavy atom. The van der Waals surface area contributed by atoms with E-state index in [1.54, 1.807) is 11.0 Å². The number of ether oxygens (including phenoxy) is 2. The number of nitrogens with zero attached hydrogens (tertiary/aromatic N) is 1. The molecule has 1 aliphatic heterocycles. The van der Waals surface area contributed by atoms with E-state index in [4.69, 9.17) is 9.47 Å². The van der Waals surface area contributed by atoms with Crippen molar-refractivity contribution in [2.24, 2.45) is 0 Å². The molecule has 90 valence electrons. The molecule has 1 heterocycles. The average molecular weight is 225 g/mol. The quantitative estimate of drug-likeness (QED) is 0.692. The van der Waals surface area contributed by atoms with Crippen LogP contribution in [-0.2, 0) is 9.47 Å². The van der Waals surface area contributed by atoms with Gasteiger partial charge in [-0.05, 0) is 20.8 Å². The van der Waals surface area contributed by atoms with E-state index in [-0.39, 0.29) is 12.1 Å². The van der Waals surface area contributed by atoms with Crippen LogP contribution < -0.4 is 0 Å². The van der Waals surface area contributed by atoms with Gasteiger partial charge in [-0.25, -0.2) is 4.79 Å². The number of carbonyl (C=O) groups is 1. The topological polar surface area (TPSA) is 38.8 Å². The van der Waals surface area contributed by atoms with Crippen LogP contribution in [0.1, 0.15) is 20.8 Å². The highest BCUT2D eigenvalue weighted by Gasteiger charge is 2.35. The molecule has 4 nitrogen and oxygen atoms in total. The van der Waals surface area contributed by atoms with E-state index in [1.807, 2.05) is 20.8 Å². The summed E-state index contributed by atoms with van der Waals surface area (Å²) >= 11 is 0. The summed E-state index contributed by atoms with van der Waals surface area (Å²) in [5.41, 5.74) is -0.498. The van der Waals surface area contributed by atoms with Gasteiger partial charge in [0.25, 0.3) is 0 Å². The van der Waals surface area contributed by atoms with Crippen molar-refractivity contribution < 1.29 is 14.3 Å². The molecule has 1 atom stereocenters. The fraction of sp³-hybridized carbons (Fsp3) is 0.583. The van der Waals surface area contributed by atoms with E-state index >= 15 is 0 Å². The lowest BCUT2D eigenvalue weighted by molar-refractivity contribution is -0.0219. The number of hydrogen-bond acceptors (Lipinski definition) is 3. The predicted molar refractivity (Wildman–Crippen MR) is 62.0 cm³/mol. The molecule has 0 spiro atoms. The van der Waals surface area contributed by atoms with Gasteiger partial charge in [-0.2, -0.15) is 0 Å². The molecule has 4 heteroatoms. The summed E-state index contributed by atoms with van der Waals surface area (Å²) in [4.78, 5) is 13.5. The van der Waals surface area contributed by atoms with Gasteiger partial charge in [-0.3, -0.25) is 4.90 Å². The molecule has 0 aromatic rings. The number of carbonyl (C=O) groups excluding carboxylic acids is 1. The second-order valence-electron chi connectivity index (χ2n) is 4.71. The molecule has 0 aliphatic carbocycles. The summed E-state index contributed by atoms with van der Waals surface area (Å²) in [5, 5.41) is 0. The van der Waals surface area contributed by atoms with Crippen LogP contribution in [0.5, 0.6) is 0 Å². The van der Waals surface area contributed by atoms with Crippen LogP contribution >= 0.6 is 0 Å². The Bertz CT molecular complexity index is 304. The van der Waals surface area contributed by atoms with Gasteiger partial charge in [0, 0.05) is 6.54 Å². The van der Waals surface area contributed by atoms with Crippen molar-refractivity contribution in [3.05, 3.63) is 25.0 Å². The zero-order valence-corrected chi connectivity index (χ0v) is 10.2. The first-order chi connectivity index (χ1) is 7.35. The minimum absolute atomic E-state index is 0.0900. The first-order valence-electron chi connectivity index (χ1n) is 5.27. The third kappa shape index (κ3) is 3.02. The third-order valence-corrected chi connectivity index (χ3v) is 2.13. The van der Waals surface area contributed by atoms with Gasteiger partial charge in [0.2, 0.25) is 0 Å². The molecule has 0 bridgehead atoms. The van der Waals surface area contributed by atoms with Crippen molar-refractivity contribution in [2.45, 2.75) is 32.4 Å². The van der Waals surface area contributed by atoms with Gasteiger partial charge in [0.05, 0.1) is 0 Å². The first kappa shape index (κ1) is 12.6. The van der Waals surface area contributed by atoms with E-state index < -0.39 is 5.60 Å². The predicted octanol–water partition coefficient (Wildman–Crippen LogP) is 2.32. The van der Waals surface area contributed by atoms with E-state index in [0.29, 0.717) is 18.9 Å². The molecule has 0 saturated carbocycles. The van der Waals surface area contributed by atoms with Gasteiger partial charge in [-0.15, -0.1) is 6.58 Å². The first-order valence-corrected chi connectivity index (χ1v) is 5.27. The minimum Gasteiger partial charge on any atom is -0.494 e. The lowest BCUT2D eigenvalue weighted by Crippen LogP contribution is -2.51. The number of hydrogen-bond donors (Lipinski definition) is 0. The Labute approximate surface area is 96.5 Å². The SMILES string of the molecule is C=CCN(C(=O)OC(C)(C)C)[C@H]1COC1=C. The van der Waals surface area contributed by atoms with Crippen molar-refractivity contribution in [1.82, 2.24) is 4.90 Å². The van der Waals surface area contributed by atoms with Crippen LogP contribution in [0.15, 0.2) is 25.0 Å². The molecule has 16 heavy (non-hydrogen) atoms. The van der Waals surface area contributed by atoms with Crippen LogP contribution in [-0.4, -0.2) is 35.8 Å². The molecular formula is C12H19NO3. The normalized spacial score (nSPS) is 19.4. The van der Waals surface area contributed by atoms with Crippen molar-refractivity contribution in [3.63, 3.8) is 0 Å². The second kappa shape index (κ2) is 4.60. The van der Waals surface area contributed by atoms with Crippen LogP contribution in [0.3, 0.4) is 0 Å². The van der Waals surface area contributed by atoms with Crippen LogP contribution in [0, 0.1) is 0 Å². The Hall–Kier alpha value is -1.45. The average Bonchev–Trinajstić information content (AvgIpc) is 2.12. The summed E-state index contributed by atoms with van der Waals surface area (Å²) in [7, 11) is 0. The summed E-state index contributed by atoms with van der Waals surface area (Å²) in [6, 6.07) is -0.0900. The monoisotopic (exact) mass is 225 g/mol. The highest BCUT2D eigenvalue weighted by molar-refractivity contribution is 5.69. The van der Waals surface area contributed by atoms with Gasteiger partial charge in [0.1, 0.15) is 24.0 Å². The molecule has 1 fully saturated rings. The van der Waals surface area contributed by atoms with E-state index in [0.717, 1.165) is 0 Å². The zero-order valence-electron chi connectivity index (χ0n) is 10.2. The van der Waals surface area contributed by atoms with Crippen molar-refractivity contribution >= 4 is 6.09 Å². The Balaban J connectivity index is 2.66. The molecular weight excluding hydrogens is 206 g/mol. The maximum atomic E-state index is 11.9. The molecule has 1 aliphatic rings. The lowest BCUT2D eigenvalue weighted by atomic mass is 10.1. The molecule has 1 amide bonds. The summed E-state index contributed by atoms with van der Waals surface area (Å²) in [5.74, 6) is 0.604. The molecule has 0 unspecified atom stereocenters. The fourth-order valence-corrected chi connectivity index (χ4v) is 1.33. The molecule has 1 saturated heterocycles. The maximum Gasteiger partial charge on any atom is 0.411 e. The van der Waals surface area contributed by atoms with Crippen molar-refractivity contribution in [2.75, 3.05) is 13.2 Å². The van der Waals surface area contributed by atoms with Gasteiger partial charge in [0.15, 0.2) is 0 Å². The van der Waals surface area contributed by atoms with Crippen LogP contribution in [0.2, 0.25) is 0 Å². The Morgan fingerprint density at radius 1 is 1.69 bits per heavy atom. The fourth-order valence-electron chi connectivity index (χ4n) is 1.33. The summed E-state index contributed by atoms with van der Waals surface area (Å²) in [6.45, 7) is 13.8. The van der Waals surface area contributed by atoms with Gasteiger partial charge >= 0.3 is 6.09 Å². The molecule has 0 aromatic heterocycles. The van der Waals surface area contributed by atoms with Gasteiger partial charge in [-0.1, -0.05) is 12.7 Å². The smallest absolute Gasteiger partial charge is 0.411 e. The molecule has 0 aromatic carbocycles. The zero-order chi connectivity index (χ0) is 12.3. The largest absolute Gasteiger partial charge is 0.494 e. The highest BCUT2D eigenvalue weighted by Crippen LogP contribution is 2.23. The van der Waals surface area contributed by atoms with E-state index in [1.165, 1.54) is 0 Å². The molecule has 0 N–H and O–H groups in total. The Morgan fingerprint density at radius 3 is 2.62 bits per heavy atom. The third-order valence-electron chi connectivity index (χ3n) is 2.13. The number of rotatable bonds is 3. The Kier molecular flexibility index (Phi) is 3.62. The lowest BCUT2D eigenvalue weighted by Gasteiger charge is -2.39. The summed E-state index contributed by atoms with van der Waals surface area (Å²) in [6.07, 6.45) is 1.30. The van der Waals surface area contributed by atoms with Crippen molar-refractivity contribution in [3.8, 4) is 0 Å². The highest BCUT2D eigenvalue weighted by atomic mass is 16.6. The van der Waals surface area contributed by atoms with Crippen LogP contribution in [0.25, 0.3) is 0 Å². The second-order valence-corrected chi connectivity index (χ2v) is 4.71. The molecule has 1 rings (SSSR count). The number of amides is 1.